The summed E-state index contributed by atoms with van der Waals surface area (Å²) in [7, 11) is 0. The van der Waals surface area contributed by atoms with Crippen LogP contribution < -0.4 is 5.48 Å². The minimum atomic E-state index is -0.365. The maximum Gasteiger partial charge on any atom is 0.267 e. The van der Waals surface area contributed by atoms with E-state index in [1.807, 2.05) is 54.6 Å². The van der Waals surface area contributed by atoms with Crippen molar-refractivity contribution in [1.29, 1.82) is 0 Å². The van der Waals surface area contributed by atoms with Gasteiger partial charge in [0, 0.05) is 31.1 Å². The lowest BCUT2D eigenvalue weighted by Crippen LogP contribution is -2.32. The summed E-state index contributed by atoms with van der Waals surface area (Å²) in [5.74, 6) is 0.460. The van der Waals surface area contributed by atoms with E-state index in [2.05, 4.69) is 15.4 Å². The first-order valence-corrected chi connectivity index (χ1v) is 10.8. The van der Waals surface area contributed by atoms with Crippen molar-refractivity contribution in [2.45, 2.75) is 38.6 Å². The molecule has 7 nitrogen and oxygen atoms in total. The van der Waals surface area contributed by atoms with Gasteiger partial charge < -0.3 is 14.8 Å². The van der Waals surface area contributed by atoms with Crippen LogP contribution in [0.5, 0.6) is 0 Å². The highest BCUT2D eigenvalue weighted by Gasteiger charge is 2.15. The maximum absolute atomic E-state index is 11.9. The van der Waals surface area contributed by atoms with E-state index in [4.69, 9.17) is 9.57 Å². The van der Waals surface area contributed by atoms with Crippen molar-refractivity contribution >= 4 is 12.0 Å². The van der Waals surface area contributed by atoms with E-state index in [-0.39, 0.29) is 18.8 Å². The van der Waals surface area contributed by atoms with Crippen molar-refractivity contribution < 1.29 is 19.5 Å². The molecule has 1 amide bonds. The summed E-state index contributed by atoms with van der Waals surface area (Å²) < 4.78 is 5.41. The molecular formula is C25H27N3O4. The van der Waals surface area contributed by atoms with Crippen molar-refractivity contribution in [3.8, 4) is 11.3 Å². The SMILES string of the molecule is O=C(C=Cc1ccc(Cc2nc(-c3ccccc3)c(CO)[nH]2)cc1)NOC1CCCCO1. The van der Waals surface area contributed by atoms with E-state index in [1.165, 1.54) is 6.08 Å². The second-order valence-corrected chi connectivity index (χ2v) is 7.67. The van der Waals surface area contributed by atoms with E-state index < -0.39 is 0 Å². The van der Waals surface area contributed by atoms with Gasteiger partial charge in [0.1, 0.15) is 5.82 Å². The number of carbonyl (C=O) groups excluding carboxylic acids is 1. The number of aliphatic hydroxyl groups is 1. The Labute approximate surface area is 187 Å². The van der Waals surface area contributed by atoms with Gasteiger partial charge >= 0.3 is 0 Å². The topological polar surface area (TPSA) is 96.5 Å². The van der Waals surface area contributed by atoms with Gasteiger partial charge in [-0.25, -0.2) is 15.3 Å². The van der Waals surface area contributed by atoms with Crippen LogP contribution in [0.1, 0.15) is 41.9 Å². The summed E-state index contributed by atoms with van der Waals surface area (Å²) in [6.45, 7) is 0.565. The van der Waals surface area contributed by atoms with Gasteiger partial charge in [0.25, 0.3) is 5.91 Å². The van der Waals surface area contributed by atoms with Gasteiger partial charge in [-0.05, 0) is 30.0 Å². The number of benzene rings is 2. The number of rotatable bonds is 8. The number of imidazole rings is 1. The largest absolute Gasteiger partial charge is 0.390 e. The molecule has 0 spiro atoms. The molecule has 0 saturated carbocycles. The molecule has 4 rings (SSSR count). The Morgan fingerprint density at radius 2 is 2.00 bits per heavy atom. The highest BCUT2D eigenvalue weighted by Crippen LogP contribution is 2.22. The zero-order valence-electron chi connectivity index (χ0n) is 17.8. The smallest absolute Gasteiger partial charge is 0.267 e. The standard InChI is InChI=1S/C25H27N3O4/c29-17-21-25(20-6-2-1-3-7-20)27-22(26-21)16-19-11-9-18(10-12-19)13-14-23(30)28-32-24-8-4-5-15-31-24/h1-3,6-7,9-14,24,29H,4-5,8,15-17H2,(H,26,27)(H,28,30). The lowest BCUT2D eigenvalue weighted by Gasteiger charge is -2.21. The number of aromatic amines is 1. The normalized spacial score (nSPS) is 16.3. The Balaban J connectivity index is 1.33. The second kappa shape index (κ2) is 10.9. The molecule has 1 unspecified atom stereocenters. The molecule has 1 atom stereocenters. The Hall–Kier alpha value is -3.26. The zero-order valence-corrected chi connectivity index (χ0v) is 17.8. The second-order valence-electron chi connectivity index (χ2n) is 7.67. The summed E-state index contributed by atoms with van der Waals surface area (Å²) in [5, 5.41) is 9.68. The Morgan fingerprint density at radius 1 is 1.19 bits per heavy atom. The molecule has 0 bridgehead atoms. The number of nitrogens with zero attached hydrogens (tertiary/aromatic N) is 1. The van der Waals surface area contributed by atoms with E-state index >= 15 is 0 Å². The average Bonchev–Trinajstić information content (AvgIpc) is 3.26. The maximum atomic E-state index is 11.9. The fourth-order valence-electron chi connectivity index (χ4n) is 3.57. The number of H-pyrrole nitrogens is 1. The van der Waals surface area contributed by atoms with Crippen molar-refractivity contribution in [1.82, 2.24) is 15.4 Å². The molecule has 0 aliphatic carbocycles. The summed E-state index contributed by atoms with van der Waals surface area (Å²) in [6.07, 6.45) is 6.26. The van der Waals surface area contributed by atoms with Crippen molar-refractivity contribution in [2.24, 2.45) is 0 Å². The number of aliphatic hydroxyl groups excluding tert-OH is 1. The summed E-state index contributed by atoms with van der Waals surface area (Å²) in [4.78, 5) is 25.1. The summed E-state index contributed by atoms with van der Waals surface area (Å²) >= 11 is 0. The van der Waals surface area contributed by atoms with Crippen LogP contribution in [0.4, 0.5) is 0 Å². The number of aromatic nitrogens is 2. The van der Waals surface area contributed by atoms with Gasteiger partial charge in [-0.2, -0.15) is 0 Å². The number of hydrogen-bond donors (Lipinski definition) is 3. The number of ether oxygens (including phenoxy) is 1. The molecule has 1 aliphatic rings. The van der Waals surface area contributed by atoms with Crippen LogP contribution in [0, 0.1) is 0 Å². The number of nitrogens with one attached hydrogen (secondary N) is 2. The molecule has 3 N–H and O–H groups in total. The predicted molar refractivity (Wildman–Crippen MR) is 121 cm³/mol. The molecule has 1 saturated heterocycles. The average molecular weight is 434 g/mol. The Morgan fingerprint density at radius 3 is 2.72 bits per heavy atom. The van der Waals surface area contributed by atoms with Crippen molar-refractivity contribution in [2.75, 3.05) is 6.61 Å². The van der Waals surface area contributed by atoms with Crippen LogP contribution in [0.25, 0.3) is 17.3 Å². The van der Waals surface area contributed by atoms with Crippen LogP contribution in [-0.2, 0) is 27.4 Å². The lowest BCUT2D eigenvalue weighted by molar-refractivity contribution is -0.198. The fraction of sp³-hybridized carbons (Fsp3) is 0.280. The summed E-state index contributed by atoms with van der Waals surface area (Å²) in [5.41, 5.74) is 6.83. The number of amides is 1. The van der Waals surface area contributed by atoms with Gasteiger partial charge in [0.05, 0.1) is 18.0 Å². The van der Waals surface area contributed by atoms with Crippen LogP contribution in [0.2, 0.25) is 0 Å². The molecule has 3 aromatic rings. The van der Waals surface area contributed by atoms with Gasteiger partial charge in [0.15, 0.2) is 6.29 Å². The first kappa shape index (κ1) is 22.0. The third kappa shape index (κ3) is 5.91. The number of hydroxylamine groups is 1. The van der Waals surface area contributed by atoms with Gasteiger partial charge in [-0.3, -0.25) is 4.79 Å². The molecule has 7 heteroatoms. The first-order valence-electron chi connectivity index (χ1n) is 10.8. The Bertz CT molecular complexity index is 1040. The number of hydrogen-bond acceptors (Lipinski definition) is 5. The summed E-state index contributed by atoms with van der Waals surface area (Å²) in [6, 6.07) is 17.7. The van der Waals surface area contributed by atoms with Crippen LogP contribution in [-0.4, -0.2) is 33.9 Å². The number of carbonyl (C=O) groups is 1. The minimum Gasteiger partial charge on any atom is -0.390 e. The molecule has 32 heavy (non-hydrogen) atoms. The Kier molecular flexibility index (Phi) is 7.45. The first-order chi connectivity index (χ1) is 15.7. The van der Waals surface area contributed by atoms with E-state index in [9.17, 15) is 9.90 Å². The molecular weight excluding hydrogens is 406 g/mol. The molecule has 1 aromatic heterocycles. The van der Waals surface area contributed by atoms with Gasteiger partial charge in [0.2, 0.25) is 0 Å². The predicted octanol–water partition coefficient (Wildman–Crippen LogP) is 3.75. The van der Waals surface area contributed by atoms with E-state index in [0.29, 0.717) is 18.7 Å². The molecule has 2 aromatic carbocycles. The van der Waals surface area contributed by atoms with Gasteiger partial charge in [-0.15, -0.1) is 0 Å². The van der Waals surface area contributed by atoms with Gasteiger partial charge in [-0.1, -0.05) is 54.6 Å². The highest BCUT2D eigenvalue weighted by atomic mass is 16.8. The quantitative estimate of drug-likeness (QED) is 0.371. The van der Waals surface area contributed by atoms with Crippen LogP contribution in [0.3, 0.4) is 0 Å². The monoisotopic (exact) mass is 433 g/mol. The third-order valence-corrected chi connectivity index (χ3v) is 5.24. The fourth-order valence-corrected chi connectivity index (χ4v) is 3.57. The molecule has 0 radical (unpaired) electrons. The minimum absolute atomic E-state index is 0.0976. The molecule has 166 valence electrons. The third-order valence-electron chi connectivity index (χ3n) is 5.24. The molecule has 1 fully saturated rings. The zero-order chi connectivity index (χ0) is 22.2. The molecule has 1 aliphatic heterocycles. The lowest BCUT2D eigenvalue weighted by atomic mass is 10.1. The van der Waals surface area contributed by atoms with Crippen molar-refractivity contribution in [3.05, 3.63) is 83.3 Å². The highest BCUT2D eigenvalue weighted by molar-refractivity contribution is 5.90. The van der Waals surface area contributed by atoms with E-state index in [1.54, 1.807) is 6.08 Å². The van der Waals surface area contributed by atoms with Crippen LogP contribution >= 0.6 is 0 Å². The van der Waals surface area contributed by atoms with Crippen molar-refractivity contribution in [3.63, 3.8) is 0 Å². The van der Waals surface area contributed by atoms with Crippen LogP contribution in [0.15, 0.2) is 60.7 Å². The molecule has 2 heterocycles. The van der Waals surface area contributed by atoms with E-state index in [0.717, 1.165) is 47.5 Å².